The first kappa shape index (κ1) is 115. The summed E-state index contributed by atoms with van der Waals surface area (Å²) in [6, 6.07) is 0. The molecule has 0 heterocycles. The van der Waals surface area contributed by atoms with Crippen molar-refractivity contribution < 1.29 is 316 Å². The molecule has 570 valence electrons. The summed E-state index contributed by atoms with van der Waals surface area (Å²) in [5.74, 6) is -25.8. The predicted molar refractivity (Wildman–Crippen MR) is 307 cm³/mol. The minimum atomic E-state index is -1.53. The summed E-state index contributed by atoms with van der Waals surface area (Å²) in [4.78, 5) is 221. The van der Waals surface area contributed by atoms with Crippen molar-refractivity contribution in [3.63, 3.8) is 0 Å². The van der Waals surface area contributed by atoms with Crippen LogP contribution in [-0.2, 0) is 95.9 Å². The number of carboxylic acid groups (broad SMARTS) is 20. The second kappa shape index (κ2) is 67.9. The molecule has 0 spiro atoms. The Bertz CT molecular complexity index is 2020. The van der Waals surface area contributed by atoms with Crippen LogP contribution in [0.25, 0.3) is 0 Å². The fourth-order valence-electron chi connectivity index (χ4n) is 7.35. The number of aliphatic carboxylic acids is 20. The maximum Gasteiger partial charge on any atom is 1.00 e. The van der Waals surface area contributed by atoms with E-state index in [2.05, 4.69) is 0 Å². The average Bonchev–Trinajstić information content (AvgIpc) is 1.06. The van der Waals surface area contributed by atoms with Crippen LogP contribution in [0, 0.1) is 0 Å². The molecule has 0 fully saturated rings. The van der Waals surface area contributed by atoms with Crippen molar-refractivity contribution in [2.75, 3.05) is 196 Å². The van der Waals surface area contributed by atoms with Crippen molar-refractivity contribution in [3.05, 3.63) is 0 Å². The minimum Gasteiger partial charge on any atom is -0.549 e. The molecule has 0 bridgehead atoms. The first-order chi connectivity index (χ1) is 46.0. The van der Waals surface area contributed by atoms with Gasteiger partial charge in [0.2, 0.25) is 0 Å². The third-order valence-electron chi connectivity index (χ3n) is 10.8. The number of carbonyl (C=O) groups excluding carboxylic acids is 4. The maximum atomic E-state index is 10.6. The Hall–Kier alpha value is -7.00. The second-order valence-electron chi connectivity index (χ2n) is 19.9. The van der Waals surface area contributed by atoms with Crippen LogP contribution in [0.5, 0.6) is 0 Å². The molecule has 0 unspecified atom stereocenters. The summed E-state index contributed by atoms with van der Waals surface area (Å²) in [6.45, 7) is -12.3. The molecular formula is C50H76N10Na4O40. The second-order valence-corrected chi connectivity index (χ2v) is 19.9. The molecule has 54 heteroatoms. The summed E-state index contributed by atoms with van der Waals surface area (Å²) in [5, 5.41) is 179. The van der Waals surface area contributed by atoms with Gasteiger partial charge in [-0.05, 0) is 0 Å². The van der Waals surface area contributed by atoms with Gasteiger partial charge in [0, 0.05) is 91.6 Å². The van der Waals surface area contributed by atoms with Gasteiger partial charge in [-0.25, -0.2) is 0 Å². The molecule has 0 aliphatic rings. The molecule has 0 aromatic rings. The number of carbonyl (C=O) groups is 20. The molecule has 50 nitrogen and oxygen atoms in total. The Morgan fingerprint density at radius 3 is 0.250 bits per heavy atom. The SMILES string of the molecule is O=C(O)CN(CCN(CC(=O)O)CC(=O)O)CC(=O)O.O=C(O)CN(CCN(CC(=O)O)CC(=O)O)CC(=O)O.O=C(O)CN(CCN(CC(=O)O)CC(=O)O)CC(=O)O.O=C(O)CN(CCN(CC(=O)O)CC(=O)O)CC(=O)O.O=C([O-])CN(CCN(CC(=O)[O-])CC(=O)[O-])CC(=O)[O-].[Na+].[Na+].[Na+].[Na+]. The summed E-state index contributed by atoms with van der Waals surface area (Å²) < 4.78 is 0. The summed E-state index contributed by atoms with van der Waals surface area (Å²) in [7, 11) is 0. The molecule has 0 amide bonds. The molecule has 0 saturated carbocycles. The van der Waals surface area contributed by atoms with Crippen molar-refractivity contribution in [2.24, 2.45) is 0 Å². The van der Waals surface area contributed by atoms with Crippen LogP contribution in [0.2, 0.25) is 0 Å². The average molecular weight is 1550 g/mol. The van der Waals surface area contributed by atoms with Crippen LogP contribution < -0.4 is 139 Å². The van der Waals surface area contributed by atoms with Gasteiger partial charge in [-0.3, -0.25) is 126 Å². The summed E-state index contributed by atoms with van der Waals surface area (Å²) in [5.41, 5.74) is 0. The first-order valence-corrected chi connectivity index (χ1v) is 27.5. The predicted octanol–water partition coefficient (Wildman–Crippen LogP) is -27.7. The molecule has 0 aliphatic carbocycles. The van der Waals surface area contributed by atoms with Crippen LogP contribution in [0.15, 0.2) is 0 Å². The van der Waals surface area contributed by atoms with E-state index in [1.807, 2.05) is 0 Å². The van der Waals surface area contributed by atoms with Gasteiger partial charge >= 0.3 is 214 Å². The normalized spacial score (nSPS) is 10.3. The van der Waals surface area contributed by atoms with Gasteiger partial charge in [-0.15, -0.1) is 0 Å². The molecule has 104 heavy (non-hydrogen) atoms. The Kier molecular flexibility index (Phi) is 75.3. The van der Waals surface area contributed by atoms with Crippen LogP contribution >= 0.6 is 0 Å². The molecule has 0 atom stereocenters. The molecular weight excluding hydrogens is 1470 g/mol. The third kappa shape index (κ3) is 87.4. The van der Waals surface area contributed by atoms with Crippen molar-refractivity contribution in [3.8, 4) is 0 Å². The van der Waals surface area contributed by atoms with E-state index in [-0.39, 0.29) is 184 Å². The Morgan fingerprint density at radius 2 is 0.202 bits per heavy atom. The van der Waals surface area contributed by atoms with E-state index >= 15 is 0 Å². The van der Waals surface area contributed by atoms with Crippen molar-refractivity contribution in [1.82, 2.24) is 49.0 Å². The van der Waals surface area contributed by atoms with Crippen LogP contribution in [-0.4, -0.2) is 446 Å². The Balaban J connectivity index is -0.000000153. The van der Waals surface area contributed by atoms with Gasteiger partial charge in [0.05, 0.1) is 129 Å². The fourth-order valence-corrected chi connectivity index (χ4v) is 7.35. The van der Waals surface area contributed by atoms with Crippen molar-refractivity contribution in [1.29, 1.82) is 0 Å². The minimum absolute atomic E-state index is 0. The monoisotopic (exact) mass is 1550 g/mol. The Labute approximate surface area is 675 Å². The molecule has 16 N–H and O–H groups in total. The number of hydrogen-bond acceptors (Lipinski definition) is 34. The van der Waals surface area contributed by atoms with E-state index < -0.39 is 250 Å². The van der Waals surface area contributed by atoms with Crippen molar-refractivity contribution >= 4 is 119 Å². The van der Waals surface area contributed by atoms with E-state index in [1.54, 1.807) is 0 Å². The van der Waals surface area contributed by atoms with Gasteiger partial charge in [0.25, 0.3) is 0 Å². The third-order valence-corrected chi connectivity index (χ3v) is 10.8. The molecule has 0 aromatic carbocycles. The van der Waals surface area contributed by atoms with Gasteiger partial charge in [-0.2, -0.15) is 0 Å². The standard InChI is InChI=1S/5C10H16N2O8.4Na/c5*13-7(14)3-11(4-8(15)16)1-2-12(5-9(17)18)6-10(19)20;;;;/h5*1-6H2,(H,13,14)(H,15,16)(H,17,18)(H,19,20);;;;/q;;;;;4*+1/p-4. The van der Waals surface area contributed by atoms with E-state index in [4.69, 9.17) is 81.7 Å². The van der Waals surface area contributed by atoms with E-state index in [1.165, 1.54) is 0 Å². The van der Waals surface area contributed by atoms with Crippen molar-refractivity contribution in [2.45, 2.75) is 0 Å². The number of carboxylic acids is 20. The zero-order valence-corrected chi connectivity index (χ0v) is 64.6. The van der Waals surface area contributed by atoms with Crippen LogP contribution in [0.4, 0.5) is 0 Å². The van der Waals surface area contributed by atoms with E-state index in [0.29, 0.717) is 0 Å². The van der Waals surface area contributed by atoms with Crippen LogP contribution in [0.3, 0.4) is 0 Å². The number of rotatable bonds is 55. The van der Waals surface area contributed by atoms with Crippen LogP contribution in [0.1, 0.15) is 0 Å². The number of hydrogen-bond donors (Lipinski definition) is 16. The molecule has 0 saturated heterocycles. The Morgan fingerprint density at radius 1 is 0.144 bits per heavy atom. The van der Waals surface area contributed by atoms with Gasteiger partial charge in [0.15, 0.2) is 0 Å². The largest absolute Gasteiger partial charge is 1.00 e. The fraction of sp³-hybridized carbons (Fsp3) is 0.600. The molecule has 0 aliphatic heterocycles. The molecule has 0 aromatic heterocycles. The summed E-state index contributed by atoms with van der Waals surface area (Å²) in [6.07, 6.45) is 0. The van der Waals surface area contributed by atoms with E-state index in [9.17, 15) is 116 Å². The molecule has 0 radical (unpaired) electrons. The zero-order chi connectivity index (χ0) is 78.5. The smallest absolute Gasteiger partial charge is 0.549 e. The zero-order valence-electron chi connectivity index (χ0n) is 56.6. The molecule has 0 rings (SSSR count). The quantitative estimate of drug-likeness (QED) is 0.0251. The maximum absolute atomic E-state index is 10.6. The van der Waals surface area contributed by atoms with Gasteiger partial charge in [0.1, 0.15) is 0 Å². The van der Waals surface area contributed by atoms with E-state index in [0.717, 1.165) is 49.0 Å². The topological polar surface area (TPSA) is 790 Å². The van der Waals surface area contributed by atoms with Gasteiger partial charge < -0.3 is 121 Å². The number of nitrogens with zero attached hydrogens (tertiary/aromatic N) is 10. The first-order valence-electron chi connectivity index (χ1n) is 27.5. The summed E-state index contributed by atoms with van der Waals surface area (Å²) >= 11 is 0. The van der Waals surface area contributed by atoms with Gasteiger partial charge in [-0.1, -0.05) is 0 Å².